The quantitative estimate of drug-likeness (QED) is 0.727. The molecule has 6 heteroatoms. The Morgan fingerprint density at radius 2 is 2.47 bits per heavy atom. The highest BCUT2D eigenvalue weighted by Crippen LogP contribution is 2.27. The van der Waals surface area contributed by atoms with E-state index in [1.54, 1.807) is 7.05 Å². The maximum absolute atomic E-state index is 10.3. The van der Waals surface area contributed by atoms with Crippen LogP contribution < -0.4 is 0 Å². The normalized spacial score (nSPS) is 31.8. The average Bonchev–Trinajstić information content (AvgIpc) is 2.49. The fourth-order valence-electron chi connectivity index (χ4n) is 2.00. The van der Waals surface area contributed by atoms with Gasteiger partial charge in [0.1, 0.15) is 0 Å². The van der Waals surface area contributed by atoms with Crippen LogP contribution in [0.5, 0.6) is 0 Å². The molecule has 0 aliphatic carbocycles. The summed E-state index contributed by atoms with van der Waals surface area (Å²) in [7, 11) is 1.72. The second-order valence-corrected chi connectivity index (χ2v) is 4.23. The van der Waals surface area contributed by atoms with Gasteiger partial charge in [-0.15, -0.1) is 10.2 Å². The number of rotatable bonds is 2. The van der Waals surface area contributed by atoms with Crippen molar-refractivity contribution < 1.29 is 9.84 Å². The van der Waals surface area contributed by atoms with Crippen LogP contribution in [0.15, 0.2) is 0 Å². The van der Waals surface area contributed by atoms with E-state index in [-0.39, 0.29) is 6.10 Å². The summed E-state index contributed by atoms with van der Waals surface area (Å²) in [6.07, 6.45) is 1.82. The lowest BCUT2D eigenvalue weighted by atomic mass is 9.87. The molecule has 0 radical (unpaired) electrons. The summed E-state index contributed by atoms with van der Waals surface area (Å²) in [6.45, 7) is 2.56. The van der Waals surface area contributed by atoms with Gasteiger partial charge in [-0.1, -0.05) is 0 Å². The van der Waals surface area contributed by atoms with Crippen LogP contribution in [0.3, 0.4) is 0 Å². The van der Waals surface area contributed by atoms with E-state index in [0.29, 0.717) is 31.7 Å². The molecule has 1 saturated heterocycles. The molecule has 1 N–H and O–H groups in total. The first-order valence-electron chi connectivity index (χ1n) is 5.14. The van der Waals surface area contributed by atoms with Crippen LogP contribution in [-0.2, 0) is 18.2 Å². The van der Waals surface area contributed by atoms with Crippen LogP contribution in [0.1, 0.15) is 25.6 Å². The molecule has 2 heterocycles. The Hall–Kier alpha value is -1.01. The Bertz CT molecular complexity index is 341. The smallest absolute Gasteiger partial charge is 0.177 e. The van der Waals surface area contributed by atoms with E-state index in [4.69, 9.17) is 4.74 Å². The van der Waals surface area contributed by atoms with Crippen LogP contribution in [0.4, 0.5) is 0 Å². The van der Waals surface area contributed by atoms with Gasteiger partial charge < -0.3 is 9.84 Å². The van der Waals surface area contributed by atoms with E-state index in [1.807, 2.05) is 6.92 Å². The van der Waals surface area contributed by atoms with Crippen molar-refractivity contribution in [2.24, 2.45) is 7.05 Å². The van der Waals surface area contributed by atoms with Gasteiger partial charge in [0, 0.05) is 25.9 Å². The second kappa shape index (κ2) is 3.86. The molecule has 2 unspecified atom stereocenters. The van der Waals surface area contributed by atoms with Crippen LogP contribution in [0.25, 0.3) is 0 Å². The molecule has 15 heavy (non-hydrogen) atoms. The number of tetrazole rings is 1. The largest absolute Gasteiger partial charge is 0.389 e. The van der Waals surface area contributed by atoms with Gasteiger partial charge in [-0.05, 0) is 12.1 Å². The van der Waals surface area contributed by atoms with Crippen LogP contribution in [-0.4, -0.2) is 43.6 Å². The summed E-state index contributed by atoms with van der Waals surface area (Å²) in [5.74, 6) is 0.592. The summed E-state index contributed by atoms with van der Waals surface area (Å²) < 4.78 is 5.39. The SMILES string of the molecule is CC1CC(O)(Cc2nnn(C)n2)CCO1. The van der Waals surface area contributed by atoms with Crippen molar-refractivity contribution >= 4 is 0 Å². The minimum Gasteiger partial charge on any atom is -0.389 e. The minimum absolute atomic E-state index is 0.0976. The topological polar surface area (TPSA) is 73.1 Å². The highest BCUT2D eigenvalue weighted by Gasteiger charge is 2.34. The second-order valence-electron chi connectivity index (χ2n) is 4.23. The van der Waals surface area contributed by atoms with Gasteiger partial charge in [-0.3, -0.25) is 0 Å². The molecule has 0 amide bonds. The zero-order valence-corrected chi connectivity index (χ0v) is 9.05. The van der Waals surface area contributed by atoms with Crippen molar-refractivity contribution in [1.82, 2.24) is 20.2 Å². The Kier molecular flexibility index (Phi) is 2.70. The molecular formula is C9H16N4O2. The van der Waals surface area contributed by atoms with Gasteiger partial charge in [0.05, 0.1) is 18.8 Å². The summed E-state index contributed by atoms with van der Waals surface area (Å²) >= 11 is 0. The lowest BCUT2D eigenvalue weighted by Crippen LogP contribution is -2.41. The summed E-state index contributed by atoms with van der Waals surface area (Å²) in [5, 5.41) is 22.0. The van der Waals surface area contributed by atoms with Crippen molar-refractivity contribution in [3.8, 4) is 0 Å². The van der Waals surface area contributed by atoms with Crippen molar-refractivity contribution in [3.05, 3.63) is 5.82 Å². The molecule has 1 aromatic heterocycles. The van der Waals surface area contributed by atoms with E-state index in [1.165, 1.54) is 4.80 Å². The Morgan fingerprint density at radius 1 is 1.67 bits per heavy atom. The number of nitrogens with zero attached hydrogens (tertiary/aromatic N) is 4. The molecule has 0 bridgehead atoms. The van der Waals surface area contributed by atoms with Gasteiger partial charge in [0.2, 0.25) is 0 Å². The van der Waals surface area contributed by atoms with E-state index < -0.39 is 5.60 Å². The predicted molar refractivity (Wildman–Crippen MR) is 52.1 cm³/mol. The van der Waals surface area contributed by atoms with Gasteiger partial charge in [-0.2, -0.15) is 4.80 Å². The molecule has 0 aromatic carbocycles. The fourth-order valence-corrected chi connectivity index (χ4v) is 2.00. The number of hydrogen-bond donors (Lipinski definition) is 1. The molecule has 2 atom stereocenters. The van der Waals surface area contributed by atoms with Gasteiger partial charge in [0.15, 0.2) is 5.82 Å². The van der Waals surface area contributed by atoms with E-state index in [2.05, 4.69) is 15.4 Å². The standard InChI is InChI=1S/C9H16N4O2/c1-7-5-9(14,3-4-15-7)6-8-10-12-13(2)11-8/h7,14H,3-6H2,1-2H3. The highest BCUT2D eigenvalue weighted by atomic mass is 16.5. The monoisotopic (exact) mass is 212 g/mol. The Balaban J connectivity index is 2.03. The molecule has 1 aliphatic rings. The third-order valence-electron chi connectivity index (χ3n) is 2.67. The summed E-state index contributed by atoms with van der Waals surface area (Å²) in [4.78, 5) is 1.40. The number of ether oxygens (including phenoxy) is 1. The summed E-state index contributed by atoms with van der Waals surface area (Å²) in [6, 6.07) is 0. The van der Waals surface area contributed by atoms with Crippen molar-refractivity contribution in [1.29, 1.82) is 0 Å². The molecule has 1 aliphatic heterocycles. The van der Waals surface area contributed by atoms with Crippen LogP contribution in [0, 0.1) is 0 Å². The average molecular weight is 212 g/mol. The summed E-state index contributed by atoms with van der Waals surface area (Å²) in [5.41, 5.74) is -0.735. The first kappa shape index (κ1) is 10.5. The lowest BCUT2D eigenvalue weighted by Gasteiger charge is -2.34. The van der Waals surface area contributed by atoms with E-state index in [0.717, 1.165) is 0 Å². The number of hydrogen-bond acceptors (Lipinski definition) is 5. The van der Waals surface area contributed by atoms with Crippen molar-refractivity contribution in [3.63, 3.8) is 0 Å². The zero-order chi connectivity index (χ0) is 10.9. The first-order chi connectivity index (χ1) is 7.07. The van der Waals surface area contributed by atoms with Gasteiger partial charge in [0.25, 0.3) is 0 Å². The molecule has 84 valence electrons. The highest BCUT2D eigenvalue weighted by molar-refractivity contribution is 4.93. The van der Waals surface area contributed by atoms with Crippen molar-refractivity contribution in [2.75, 3.05) is 6.61 Å². The third-order valence-corrected chi connectivity index (χ3v) is 2.67. The van der Waals surface area contributed by atoms with Crippen LogP contribution in [0.2, 0.25) is 0 Å². The molecule has 1 aromatic rings. The molecule has 6 nitrogen and oxygen atoms in total. The number of aromatic nitrogens is 4. The van der Waals surface area contributed by atoms with Crippen molar-refractivity contribution in [2.45, 2.75) is 37.9 Å². The third kappa shape index (κ3) is 2.51. The zero-order valence-electron chi connectivity index (χ0n) is 9.05. The van der Waals surface area contributed by atoms with Gasteiger partial charge >= 0.3 is 0 Å². The Morgan fingerprint density at radius 3 is 3.07 bits per heavy atom. The lowest BCUT2D eigenvalue weighted by molar-refractivity contribution is -0.0969. The Labute approximate surface area is 88.2 Å². The molecule has 0 saturated carbocycles. The maximum Gasteiger partial charge on any atom is 0.177 e. The maximum atomic E-state index is 10.3. The van der Waals surface area contributed by atoms with E-state index in [9.17, 15) is 5.11 Å². The predicted octanol–water partition coefficient (Wildman–Crippen LogP) is -0.317. The molecule has 1 fully saturated rings. The first-order valence-corrected chi connectivity index (χ1v) is 5.14. The number of aryl methyl sites for hydroxylation is 1. The molecule has 0 spiro atoms. The van der Waals surface area contributed by atoms with Gasteiger partial charge in [-0.25, -0.2) is 0 Å². The molecule has 2 rings (SSSR count). The van der Waals surface area contributed by atoms with E-state index >= 15 is 0 Å². The molecular weight excluding hydrogens is 196 g/mol. The fraction of sp³-hybridized carbons (Fsp3) is 0.889. The minimum atomic E-state index is -0.735. The number of aliphatic hydroxyl groups is 1. The van der Waals surface area contributed by atoms with Crippen LogP contribution >= 0.6 is 0 Å².